The lowest BCUT2D eigenvalue weighted by atomic mass is 9.99. The van der Waals surface area contributed by atoms with Crippen molar-refractivity contribution in [3.63, 3.8) is 0 Å². The van der Waals surface area contributed by atoms with Crippen LogP contribution in [0.3, 0.4) is 0 Å². The topological polar surface area (TPSA) is 0 Å². The Kier molecular flexibility index (Phi) is 2.95. The number of rotatable bonds is 2. The molecule has 0 atom stereocenters. The predicted octanol–water partition coefficient (Wildman–Crippen LogP) is 5.02. The summed E-state index contributed by atoms with van der Waals surface area (Å²) in [5.41, 5.74) is 3.16. The molecular formula is C16H10FS. The van der Waals surface area contributed by atoms with Gasteiger partial charge in [0.1, 0.15) is 5.82 Å². The van der Waals surface area contributed by atoms with E-state index in [1.165, 1.54) is 17.0 Å². The SMILES string of the molecule is Fc1ccc(-c2ccc[c]c2-c2cccs2)cc1. The number of benzene rings is 2. The van der Waals surface area contributed by atoms with Gasteiger partial charge in [-0.3, -0.25) is 0 Å². The van der Waals surface area contributed by atoms with Gasteiger partial charge in [0, 0.05) is 10.4 Å². The second kappa shape index (κ2) is 4.75. The molecule has 3 rings (SSSR count). The third-order valence-corrected chi connectivity index (χ3v) is 3.67. The molecule has 3 aromatic rings. The van der Waals surface area contributed by atoms with Gasteiger partial charge in [-0.1, -0.05) is 36.4 Å². The number of hydrogen-bond donors (Lipinski definition) is 0. The van der Waals surface area contributed by atoms with Crippen molar-refractivity contribution < 1.29 is 4.39 Å². The first kappa shape index (κ1) is 11.2. The maximum atomic E-state index is 13.0. The summed E-state index contributed by atoms with van der Waals surface area (Å²) < 4.78 is 13.0. The van der Waals surface area contributed by atoms with Crippen LogP contribution in [-0.2, 0) is 0 Å². The van der Waals surface area contributed by atoms with Gasteiger partial charge in [-0.15, -0.1) is 11.3 Å². The normalized spacial score (nSPS) is 10.5. The fourth-order valence-corrected chi connectivity index (χ4v) is 2.68. The van der Waals surface area contributed by atoms with Crippen LogP contribution in [0.15, 0.2) is 60.0 Å². The average Bonchev–Trinajstić information content (AvgIpc) is 2.93. The maximum absolute atomic E-state index is 13.0. The largest absolute Gasteiger partial charge is 0.207 e. The van der Waals surface area contributed by atoms with E-state index in [0.717, 1.165) is 16.7 Å². The highest BCUT2D eigenvalue weighted by Gasteiger charge is 2.07. The van der Waals surface area contributed by atoms with Crippen LogP contribution in [0.25, 0.3) is 21.6 Å². The minimum Gasteiger partial charge on any atom is -0.207 e. The lowest BCUT2D eigenvalue weighted by molar-refractivity contribution is 0.628. The van der Waals surface area contributed by atoms with E-state index in [-0.39, 0.29) is 5.82 Å². The Morgan fingerprint density at radius 2 is 1.78 bits per heavy atom. The van der Waals surface area contributed by atoms with Crippen LogP contribution < -0.4 is 0 Å². The molecular weight excluding hydrogens is 243 g/mol. The molecule has 0 aliphatic rings. The quantitative estimate of drug-likeness (QED) is 0.601. The Morgan fingerprint density at radius 1 is 0.944 bits per heavy atom. The maximum Gasteiger partial charge on any atom is 0.123 e. The summed E-state index contributed by atoms with van der Waals surface area (Å²) in [5.74, 6) is -0.212. The molecule has 0 bridgehead atoms. The molecule has 1 radical (unpaired) electrons. The smallest absolute Gasteiger partial charge is 0.123 e. The number of hydrogen-bond acceptors (Lipinski definition) is 1. The van der Waals surface area contributed by atoms with E-state index < -0.39 is 0 Å². The summed E-state index contributed by atoms with van der Waals surface area (Å²) in [6.45, 7) is 0. The first-order chi connectivity index (χ1) is 8.84. The fourth-order valence-electron chi connectivity index (χ4n) is 1.93. The standard InChI is InChI=1S/C16H10FS/c17-13-9-7-12(8-10-13)14-4-1-2-5-15(14)16-6-3-11-18-16/h1-4,6-11H. The predicted molar refractivity (Wildman–Crippen MR) is 74.0 cm³/mol. The zero-order valence-electron chi connectivity index (χ0n) is 9.56. The molecule has 0 nitrogen and oxygen atoms in total. The van der Waals surface area contributed by atoms with E-state index in [1.807, 2.05) is 29.6 Å². The van der Waals surface area contributed by atoms with Gasteiger partial charge in [-0.05, 0) is 40.8 Å². The van der Waals surface area contributed by atoms with Crippen molar-refractivity contribution in [2.24, 2.45) is 0 Å². The molecule has 2 aromatic carbocycles. The van der Waals surface area contributed by atoms with Crippen molar-refractivity contribution >= 4 is 11.3 Å². The van der Waals surface area contributed by atoms with Gasteiger partial charge in [-0.25, -0.2) is 4.39 Å². The summed E-state index contributed by atoms with van der Waals surface area (Å²) in [6.07, 6.45) is 0. The van der Waals surface area contributed by atoms with Gasteiger partial charge in [0.25, 0.3) is 0 Å². The van der Waals surface area contributed by atoms with Gasteiger partial charge in [0.15, 0.2) is 0 Å². The third-order valence-electron chi connectivity index (χ3n) is 2.78. The molecule has 0 aliphatic carbocycles. The molecule has 87 valence electrons. The van der Waals surface area contributed by atoms with Gasteiger partial charge in [-0.2, -0.15) is 0 Å². The van der Waals surface area contributed by atoms with E-state index >= 15 is 0 Å². The Bertz CT molecular complexity index is 639. The molecule has 1 heterocycles. The van der Waals surface area contributed by atoms with Crippen LogP contribution >= 0.6 is 11.3 Å². The fraction of sp³-hybridized carbons (Fsp3) is 0. The minimum absolute atomic E-state index is 0.212. The lowest BCUT2D eigenvalue weighted by Gasteiger charge is -2.07. The van der Waals surface area contributed by atoms with Gasteiger partial charge >= 0.3 is 0 Å². The van der Waals surface area contributed by atoms with Crippen molar-refractivity contribution in [1.82, 2.24) is 0 Å². The van der Waals surface area contributed by atoms with Crippen molar-refractivity contribution in [2.75, 3.05) is 0 Å². The number of halogens is 1. The van der Waals surface area contributed by atoms with Crippen molar-refractivity contribution in [1.29, 1.82) is 0 Å². The van der Waals surface area contributed by atoms with E-state index in [1.54, 1.807) is 23.5 Å². The Balaban J connectivity index is 2.15. The highest BCUT2D eigenvalue weighted by Crippen LogP contribution is 2.33. The molecule has 0 saturated carbocycles. The van der Waals surface area contributed by atoms with E-state index in [0.29, 0.717) is 0 Å². The van der Waals surface area contributed by atoms with Gasteiger partial charge in [0.05, 0.1) is 0 Å². The highest BCUT2D eigenvalue weighted by atomic mass is 32.1. The van der Waals surface area contributed by atoms with Crippen LogP contribution in [-0.4, -0.2) is 0 Å². The Labute approximate surface area is 109 Å². The summed E-state index contributed by atoms with van der Waals surface area (Å²) in [4.78, 5) is 1.18. The molecule has 2 heteroatoms. The zero-order chi connectivity index (χ0) is 12.4. The van der Waals surface area contributed by atoms with Crippen LogP contribution in [0.1, 0.15) is 0 Å². The first-order valence-corrected chi connectivity index (χ1v) is 6.53. The summed E-state index contributed by atoms with van der Waals surface area (Å²) in [7, 11) is 0. The molecule has 1 aromatic heterocycles. The van der Waals surface area contributed by atoms with Gasteiger partial charge in [0.2, 0.25) is 0 Å². The molecule has 0 spiro atoms. The highest BCUT2D eigenvalue weighted by molar-refractivity contribution is 7.13. The van der Waals surface area contributed by atoms with Crippen molar-refractivity contribution in [3.8, 4) is 21.6 Å². The second-order valence-corrected chi connectivity index (χ2v) is 4.89. The monoisotopic (exact) mass is 253 g/mol. The average molecular weight is 253 g/mol. The third kappa shape index (κ3) is 2.07. The Hall–Kier alpha value is -1.93. The van der Waals surface area contributed by atoms with E-state index in [9.17, 15) is 4.39 Å². The number of thiophene rings is 1. The molecule has 0 amide bonds. The first-order valence-electron chi connectivity index (χ1n) is 5.65. The molecule has 0 fully saturated rings. The van der Waals surface area contributed by atoms with Crippen molar-refractivity contribution in [2.45, 2.75) is 0 Å². The molecule has 0 N–H and O–H groups in total. The molecule has 18 heavy (non-hydrogen) atoms. The van der Waals surface area contributed by atoms with Crippen LogP contribution in [0.4, 0.5) is 4.39 Å². The molecule has 0 saturated heterocycles. The zero-order valence-corrected chi connectivity index (χ0v) is 10.4. The van der Waals surface area contributed by atoms with Crippen LogP contribution in [0.5, 0.6) is 0 Å². The lowest BCUT2D eigenvalue weighted by Crippen LogP contribution is -1.83. The second-order valence-electron chi connectivity index (χ2n) is 3.94. The van der Waals surface area contributed by atoms with Gasteiger partial charge < -0.3 is 0 Å². The molecule has 0 aliphatic heterocycles. The van der Waals surface area contributed by atoms with Crippen molar-refractivity contribution in [3.05, 3.63) is 71.9 Å². The summed E-state index contributed by atoms with van der Waals surface area (Å²) in [5, 5.41) is 2.05. The van der Waals surface area contributed by atoms with Crippen LogP contribution in [0.2, 0.25) is 0 Å². The summed E-state index contributed by atoms with van der Waals surface area (Å²) >= 11 is 1.68. The minimum atomic E-state index is -0.212. The van der Waals surface area contributed by atoms with E-state index in [2.05, 4.69) is 12.1 Å². The van der Waals surface area contributed by atoms with E-state index in [4.69, 9.17) is 0 Å². The van der Waals surface area contributed by atoms with Crippen LogP contribution in [0, 0.1) is 11.9 Å². The molecule has 0 unspecified atom stereocenters. The summed E-state index contributed by atoms with van der Waals surface area (Å²) in [6, 6.07) is 19.8. The Morgan fingerprint density at radius 3 is 2.50 bits per heavy atom.